The van der Waals surface area contributed by atoms with Crippen LogP contribution in [0.1, 0.15) is 56.9 Å². The molecule has 1 aromatic carbocycles. The molecule has 5 heteroatoms. The zero-order valence-corrected chi connectivity index (χ0v) is 12.7. The van der Waals surface area contributed by atoms with Crippen LogP contribution in [0.15, 0.2) is 12.1 Å². The predicted octanol–water partition coefficient (Wildman–Crippen LogP) is 4.72. The van der Waals surface area contributed by atoms with E-state index in [1.807, 2.05) is 0 Å². The Balaban J connectivity index is 1.86. The maximum Gasteiger partial charge on any atom is 0.305 e. The lowest BCUT2D eigenvalue weighted by molar-refractivity contribution is -0.143. The molecule has 0 unspecified atom stereocenters. The summed E-state index contributed by atoms with van der Waals surface area (Å²) in [6, 6.07) is 2.20. The molecule has 0 saturated heterocycles. The fraction of sp³-hybridized carbons (Fsp3) is 0.588. The number of benzene rings is 1. The van der Waals surface area contributed by atoms with Crippen LogP contribution < -0.4 is 0 Å². The van der Waals surface area contributed by atoms with Crippen LogP contribution in [-0.2, 0) is 9.53 Å². The van der Waals surface area contributed by atoms with Gasteiger partial charge in [0.2, 0.25) is 0 Å². The van der Waals surface area contributed by atoms with E-state index in [1.54, 1.807) is 6.92 Å². The average Bonchev–Trinajstić information content (AvgIpc) is 2.51. The number of ether oxygens (including phenoxy) is 1. The number of esters is 1. The van der Waals surface area contributed by atoms with E-state index in [1.165, 1.54) is 0 Å². The van der Waals surface area contributed by atoms with Crippen molar-refractivity contribution in [1.82, 2.24) is 0 Å². The summed E-state index contributed by atoms with van der Waals surface area (Å²) in [7, 11) is 0. The van der Waals surface area contributed by atoms with E-state index in [0.29, 0.717) is 24.5 Å². The summed E-state index contributed by atoms with van der Waals surface area (Å²) in [6.45, 7) is 2.18. The molecule has 0 heterocycles. The monoisotopic (exact) mass is 314 g/mol. The highest BCUT2D eigenvalue weighted by Crippen LogP contribution is 2.38. The molecule has 0 atom stereocenters. The highest BCUT2D eigenvalue weighted by Gasteiger charge is 2.24. The second-order valence-electron chi connectivity index (χ2n) is 5.86. The van der Waals surface area contributed by atoms with Gasteiger partial charge < -0.3 is 4.74 Å². The largest absolute Gasteiger partial charge is 0.466 e. The maximum atomic E-state index is 13.3. The van der Waals surface area contributed by atoms with Gasteiger partial charge in [0.1, 0.15) is 0 Å². The Morgan fingerprint density at radius 2 is 1.73 bits per heavy atom. The van der Waals surface area contributed by atoms with E-state index in [4.69, 9.17) is 4.74 Å². The number of hydrogen-bond acceptors (Lipinski definition) is 2. The summed E-state index contributed by atoms with van der Waals surface area (Å²) in [5.41, 5.74) is 0.528. The van der Waals surface area contributed by atoms with Crippen LogP contribution >= 0.6 is 0 Å². The minimum Gasteiger partial charge on any atom is -0.466 e. The molecule has 2 nitrogen and oxygen atoms in total. The summed E-state index contributed by atoms with van der Waals surface area (Å²) in [5.74, 6) is -3.34. The van der Waals surface area contributed by atoms with Gasteiger partial charge in [-0.1, -0.05) is 0 Å². The van der Waals surface area contributed by atoms with Crippen LogP contribution in [-0.4, -0.2) is 12.6 Å². The Morgan fingerprint density at radius 1 is 1.14 bits per heavy atom. The fourth-order valence-electron chi connectivity index (χ4n) is 3.15. The van der Waals surface area contributed by atoms with E-state index >= 15 is 0 Å². The molecule has 1 aliphatic carbocycles. The molecular formula is C17H21F3O2. The lowest BCUT2D eigenvalue weighted by Gasteiger charge is -2.28. The summed E-state index contributed by atoms with van der Waals surface area (Å²) >= 11 is 0. The van der Waals surface area contributed by atoms with E-state index in [9.17, 15) is 18.0 Å². The Labute approximate surface area is 128 Å². The zero-order valence-electron chi connectivity index (χ0n) is 12.7. The van der Waals surface area contributed by atoms with Crippen molar-refractivity contribution in [2.24, 2.45) is 5.92 Å². The molecule has 0 radical (unpaired) electrons. The highest BCUT2D eigenvalue weighted by atomic mass is 19.2. The third-order valence-electron chi connectivity index (χ3n) is 4.39. The normalized spacial score (nSPS) is 21.6. The number of halogens is 3. The van der Waals surface area contributed by atoms with Crippen LogP contribution in [0.4, 0.5) is 13.2 Å². The number of rotatable bonds is 5. The van der Waals surface area contributed by atoms with Gasteiger partial charge in [-0.25, -0.2) is 13.2 Å². The summed E-state index contributed by atoms with van der Waals surface area (Å²) < 4.78 is 44.5. The van der Waals surface area contributed by atoms with Crippen LogP contribution in [0.25, 0.3) is 0 Å². The molecule has 0 aromatic heterocycles. The van der Waals surface area contributed by atoms with Gasteiger partial charge in [-0.05, 0) is 68.6 Å². The number of carbonyl (C=O) groups excluding carboxylic acids is 1. The van der Waals surface area contributed by atoms with Gasteiger partial charge in [0, 0.05) is 6.42 Å². The molecule has 22 heavy (non-hydrogen) atoms. The van der Waals surface area contributed by atoms with Gasteiger partial charge in [0.15, 0.2) is 17.5 Å². The van der Waals surface area contributed by atoms with Gasteiger partial charge in [-0.15, -0.1) is 0 Å². The molecule has 0 N–H and O–H groups in total. The van der Waals surface area contributed by atoms with E-state index in [0.717, 1.165) is 44.2 Å². The molecule has 0 aliphatic heterocycles. The molecule has 2 rings (SSSR count). The van der Waals surface area contributed by atoms with Crippen molar-refractivity contribution in [3.05, 3.63) is 35.1 Å². The lowest BCUT2D eigenvalue weighted by atomic mass is 9.77. The first-order valence-electron chi connectivity index (χ1n) is 7.81. The van der Waals surface area contributed by atoms with Crippen LogP contribution in [0.3, 0.4) is 0 Å². The first-order valence-corrected chi connectivity index (χ1v) is 7.81. The topological polar surface area (TPSA) is 26.3 Å². The Morgan fingerprint density at radius 3 is 2.27 bits per heavy atom. The van der Waals surface area contributed by atoms with Crippen molar-refractivity contribution >= 4 is 5.97 Å². The second kappa shape index (κ2) is 7.65. The minimum absolute atomic E-state index is 0.0587. The molecule has 1 aromatic rings. The first-order chi connectivity index (χ1) is 10.5. The summed E-state index contributed by atoms with van der Waals surface area (Å²) in [5, 5.41) is 0. The van der Waals surface area contributed by atoms with Crippen LogP contribution in [0.2, 0.25) is 0 Å². The smallest absolute Gasteiger partial charge is 0.305 e. The predicted molar refractivity (Wildman–Crippen MR) is 76.9 cm³/mol. The van der Waals surface area contributed by atoms with Gasteiger partial charge in [0.05, 0.1) is 6.61 Å². The third-order valence-corrected chi connectivity index (χ3v) is 4.39. The van der Waals surface area contributed by atoms with Crippen molar-refractivity contribution in [2.45, 2.75) is 51.4 Å². The molecule has 1 aliphatic rings. The van der Waals surface area contributed by atoms with Gasteiger partial charge in [-0.2, -0.15) is 0 Å². The standard InChI is InChI=1S/C17H21F3O2/c1-2-22-16(21)8-5-11-3-6-12(7-4-11)13-9-14(18)17(20)15(19)10-13/h9-12H,2-8H2,1H3. The van der Waals surface area contributed by atoms with E-state index in [-0.39, 0.29) is 11.9 Å². The average molecular weight is 314 g/mol. The van der Waals surface area contributed by atoms with E-state index < -0.39 is 17.5 Å². The van der Waals surface area contributed by atoms with Gasteiger partial charge >= 0.3 is 5.97 Å². The molecule has 1 saturated carbocycles. The number of hydrogen-bond donors (Lipinski definition) is 0. The van der Waals surface area contributed by atoms with Crippen molar-refractivity contribution in [3.63, 3.8) is 0 Å². The van der Waals surface area contributed by atoms with Crippen molar-refractivity contribution in [1.29, 1.82) is 0 Å². The molecule has 0 amide bonds. The van der Waals surface area contributed by atoms with Crippen molar-refractivity contribution < 1.29 is 22.7 Å². The quantitative estimate of drug-likeness (QED) is 0.580. The Hall–Kier alpha value is -1.52. The first kappa shape index (κ1) is 16.8. The maximum absolute atomic E-state index is 13.3. The lowest BCUT2D eigenvalue weighted by Crippen LogP contribution is -2.15. The Kier molecular flexibility index (Phi) is 5.86. The van der Waals surface area contributed by atoms with Crippen molar-refractivity contribution in [2.75, 3.05) is 6.61 Å². The van der Waals surface area contributed by atoms with Crippen molar-refractivity contribution in [3.8, 4) is 0 Å². The van der Waals surface area contributed by atoms with Gasteiger partial charge in [0.25, 0.3) is 0 Å². The zero-order chi connectivity index (χ0) is 16.1. The molecule has 0 spiro atoms. The molecular weight excluding hydrogens is 293 g/mol. The van der Waals surface area contributed by atoms with E-state index in [2.05, 4.69) is 0 Å². The molecule has 122 valence electrons. The van der Waals surface area contributed by atoms with Crippen LogP contribution in [0, 0.1) is 23.4 Å². The highest BCUT2D eigenvalue weighted by molar-refractivity contribution is 5.69. The third kappa shape index (κ3) is 4.24. The fourth-order valence-corrected chi connectivity index (χ4v) is 3.15. The molecule has 1 fully saturated rings. The van der Waals surface area contributed by atoms with Crippen LogP contribution in [0.5, 0.6) is 0 Å². The molecule has 0 bridgehead atoms. The summed E-state index contributed by atoms with van der Waals surface area (Å²) in [4.78, 5) is 11.3. The second-order valence-corrected chi connectivity index (χ2v) is 5.86. The SMILES string of the molecule is CCOC(=O)CCC1CCC(c2cc(F)c(F)c(F)c2)CC1. The number of carbonyl (C=O) groups is 1. The summed E-state index contributed by atoms with van der Waals surface area (Å²) in [6.07, 6.45) is 4.63. The van der Waals surface area contributed by atoms with Gasteiger partial charge in [-0.3, -0.25) is 4.79 Å². The minimum atomic E-state index is -1.41. The Bertz CT molecular complexity index is 500.